The molecule has 3 aliphatic rings. The Hall–Kier alpha value is -0.0851. The number of alkyl halides is 1. The second-order valence-electron chi connectivity index (χ2n) is 6.76. The van der Waals surface area contributed by atoms with Crippen molar-refractivity contribution >= 4 is 7.12 Å². The van der Waals surface area contributed by atoms with Gasteiger partial charge >= 0.3 is 7.12 Å². The Kier molecular flexibility index (Phi) is 1.84. The van der Waals surface area contributed by atoms with Crippen LogP contribution in [0, 0.1) is 5.41 Å². The summed E-state index contributed by atoms with van der Waals surface area (Å²) in [5.74, 6) is 0. The molecule has 1 spiro atoms. The molecule has 16 heavy (non-hydrogen) atoms. The third-order valence-electron chi connectivity index (χ3n) is 5.29. The molecule has 0 amide bonds. The quantitative estimate of drug-likeness (QED) is 0.640. The Bertz CT molecular complexity index is 322. The van der Waals surface area contributed by atoms with Crippen molar-refractivity contribution in [3.05, 3.63) is 0 Å². The summed E-state index contributed by atoms with van der Waals surface area (Å²) in [7, 11) is -0.655. The lowest BCUT2D eigenvalue weighted by molar-refractivity contribution is 0.00578. The lowest BCUT2D eigenvalue weighted by Crippen LogP contribution is -2.41. The van der Waals surface area contributed by atoms with E-state index in [2.05, 4.69) is 0 Å². The van der Waals surface area contributed by atoms with Crippen LogP contribution >= 0.6 is 0 Å². The SMILES string of the molecule is CC1(C)OB(C2(F)CC23CCC3)OC1(C)C. The number of halogens is 1. The number of hydrogen-bond acceptors (Lipinski definition) is 2. The summed E-state index contributed by atoms with van der Waals surface area (Å²) in [6.45, 7) is 7.91. The minimum Gasteiger partial charge on any atom is -0.401 e. The fraction of sp³-hybridized carbons (Fsp3) is 1.00. The molecular weight excluding hydrogens is 206 g/mol. The van der Waals surface area contributed by atoms with Gasteiger partial charge in [0.05, 0.1) is 11.2 Å². The van der Waals surface area contributed by atoms with Crippen LogP contribution in [0.5, 0.6) is 0 Å². The Morgan fingerprint density at radius 3 is 1.81 bits per heavy atom. The average molecular weight is 226 g/mol. The fourth-order valence-electron chi connectivity index (χ4n) is 3.01. The Morgan fingerprint density at radius 1 is 1.00 bits per heavy atom. The molecule has 1 saturated heterocycles. The first-order valence-corrected chi connectivity index (χ1v) is 6.27. The van der Waals surface area contributed by atoms with Crippen LogP contribution in [0.4, 0.5) is 4.39 Å². The maximum Gasteiger partial charge on any atom is 0.498 e. The maximum absolute atomic E-state index is 14.7. The lowest BCUT2D eigenvalue weighted by Gasteiger charge is -2.32. The van der Waals surface area contributed by atoms with E-state index in [-0.39, 0.29) is 5.41 Å². The molecule has 0 radical (unpaired) electrons. The molecule has 90 valence electrons. The van der Waals surface area contributed by atoms with Crippen LogP contribution in [0.15, 0.2) is 0 Å². The van der Waals surface area contributed by atoms with Gasteiger partial charge in [-0.1, -0.05) is 6.42 Å². The second-order valence-corrected chi connectivity index (χ2v) is 6.76. The van der Waals surface area contributed by atoms with Crippen molar-refractivity contribution < 1.29 is 13.7 Å². The molecule has 0 bridgehead atoms. The summed E-state index contributed by atoms with van der Waals surface area (Å²) in [5, 5.41) is 0. The zero-order valence-electron chi connectivity index (χ0n) is 10.6. The first kappa shape index (κ1) is 11.0. The molecule has 0 aromatic heterocycles. The molecular formula is C12H20BFO2. The molecule has 1 atom stereocenters. The molecule has 3 rings (SSSR count). The van der Waals surface area contributed by atoms with E-state index in [4.69, 9.17) is 9.31 Å². The fourth-order valence-corrected chi connectivity index (χ4v) is 3.01. The second kappa shape index (κ2) is 2.67. The Morgan fingerprint density at radius 2 is 1.50 bits per heavy atom. The van der Waals surface area contributed by atoms with Gasteiger partial charge in [-0.15, -0.1) is 0 Å². The first-order chi connectivity index (χ1) is 7.23. The van der Waals surface area contributed by atoms with Gasteiger partial charge in [-0.25, -0.2) is 4.39 Å². The van der Waals surface area contributed by atoms with Crippen molar-refractivity contribution in [1.29, 1.82) is 0 Å². The van der Waals surface area contributed by atoms with Crippen molar-refractivity contribution in [3.8, 4) is 0 Å². The molecule has 2 saturated carbocycles. The van der Waals surface area contributed by atoms with Gasteiger partial charge in [-0.3, -0.25) is 0 Å². The van der Waals surface area contributed by atoms with E-state index in [1.54, 1.807) is 0 Å². The highest BCUT2D eigenvalue weighted by Crippen LogP contribution is 2.72. The summed E-state index contributed by atoms with van der Waals surface area (Å²) in [6.07, 6.45) is 3.81. The monoisotopic (exact) mass is 226 g/mol. The van der Waals surface area contributed by atoms with E-state index in [1.807, 2.05) is 27.7 Å². The van der Waals surface area contributed by atoms with Crippen molar-refractivity contribution in [2.75, 3.05) is 0 Å². The van der Waals surface area contributed by atoms with Gasteiger partial charge in [0, 0.05) is 5.41 Å². The number of hydrogen-bond donors (Lipinski definition) is 0. The van der Waals surface area contributed by atoms with E-state index in [0.717, 1.165) is 19.3 Å². The molecule has 0 aromatic carbocycles. The summed E-state index contributed by atoms with van der Waals surface area (Å²) in [5.41, 5.74) is -2.13. The summed E-state index contributed by atoms with van der Waals surface area (Å²) < 4.78 is 26.4. The highest BCUT2D eigenvalue weighted by atomic mass is 19.1. The van der Waals surface area contributed by atoms with Gasteiger partial charge in [0.2, 0.25) is 0 Å². The molecule has 2 nitrogen and oxygen atoms in total. The third-order valence-corrected chi connectivity index (χ3v) is 5.29. The van der Waals surface area contributed by atoms with E-state index in [1.165, 1.54) is 0 Å². The summed E-state index contributed by atoms with van der Waals surface area (Å²) >= 11 is 0. The highest BCUT2D eigenvalue weighted by Gasteiger charge is 2.80. The predicted octanol–water partition coefficient (Wildman–Crippen LogP) is 2.90. The van der Waals surface area contributed by atoms with Gasteiger partial charge < -0.3 is 9.31 Å². The van der Waals surface area contributed by atoms with Crippen molar-refractivity contribution in [2.24, 2.45) is 5.41 Å². The highest BCUT2D eigenvalue weighted by molar-refractivity contribution is 6.51. The van der Waals surface area contributed by atoms with E-state index >= 15 is 0 Å². The van der Waals surface area contributed by atoms with Crippen LogP contribution in [-0.2, 0) is 9.31 Å². The van der Waals surface area contributed by atoms with E-state index in [0.29, 0.717) is 6.42 Å². The Balaban J connectivity index is 1.80. The van der Waals surface area contributed by atoms with Gasteiger partial charge in [0.25, 0.3) is 0 Å². The average Bonchev–Trinajstić information content (AvgIpc) is 2.64. The zero-order chi connectivity index (χ0) is 11.8. The van der Waals surface area contributed by atoms with E-state index in [9.17, 15) is 4.39 Å². The third kappa shape index (κ3) is 1.10. The maximum atomic E-state index is 14.7. The smallest absolute Gasteiger partial charge is 0.401 e. The van der Waals surface area contributed by atoms with Gasteiger partial charge in [0.15, 0.2) is 5.57 Å². The lowest BCUT2D eigenvalue weighted by atomic mass is 9.67. The van der Waals surface area contributed by atoms with Crippen LogP contribution in [0.1, 0.15) is 53.4 Å². The summed E-state index contributed by atoms with van der Waals surface area (Å²) in [6, 6.07) is 0. The van der Waals surface area contributed by atoms with Crippen LogP contribution in [0.3, 0.4) is 0 Å². The van der Waals surface area contributed by atoms with Crippen LogP contribution < -0.4 is 0 Å². The molecule has 0 aromatic rings. The van der Waals surface area contributed by atoms with Crippen molar-refractivity contribution in [3.63, 3.8) is 0 Å². The zero-order valence-corrected chi connectivity index (χ0v) is 10.6. The van der Waals surface area contributed by atoms with Gasteiger partial charge in [-0.05, 0) is 47.0 Å². The molecule has 1 aliphatic heterocycles. The normalized spacial score (nSPS) is 42.2. The van der Waals surface area contributed by atoms with Crippen molar-refractivity contribution in [2.45, 2.75) is 70.1 Å². The predicted molar refractivity (Wildman–Crippen MR) is 60.8 cm³/mol. The topological polar surface area (TPSA) is 18.5 Å². The molecule has 1 unspecified atom stereocenters. The molecule has 1 heterocycles. The van der Waals surface area contributed by atoms with Gasteiger partial charge in [-0.2, -0.15) is 0 Å². The minimum atomic E-state index is -1.21. The van der Waals surface area contributed by atoms with Gasteiger partial charge in [0.1, 0.15) is 0 Å². The number of rotatable bonds is 1. The largest absolute Gasteiger partial charge is 0.498 e. The van der Waals surface area contributed by atoms with E-state index < -0.39 is 23.9 Å². The minimum absolute atomic E-state index is 0.0891. The van der Waals surface area contributed by atoms with Crippen LogP contribution in [0.2, 0.25) is 0 Å². The molecule has 2 aliphatic carbocycles. The van der Waals surface area contributed by atoms with Crippen LogP contribution in [0.25, 0.3) is 0 Å². The molecule has 0 N–H and O–H groups in total. The van der Waals surface area contributed by atoms with Crippen LogP contribution in [-0.4, -0.2) is 23.9 Å². The summed E-state index contributed by atoms with van der Waals surface area (Å²) in [4.78, 5) is 0. The first-order valence-electron chi connectivity index (χ1n) is 6.27. The molecule has 4 heteroatoms. The standard InChI is InChI=1S/C12H20BFO2/c1-9(2)10(3,4)16-13(15-9)12(14)8-11(12)6-5-7-11/h5-8H2,1-4H3. The molecule has 3 fully saturated rings. The Labute approximate surface area is 97.0 Å². The van der Waals surface area contributed by atoms with Crippen molar-refractivity contribution in [1.82, 2.24) is 0 Å².